The summed E-state index contributed by atoms with van der Waals surface area (Å²) in [6.45, 7) is 2.33. The monoisotopic (exact) mass is 440 g/mol. The van der Waals surface area contributed by atoms with Crippen LogP contribution >= 0.6 is 22.9 Å². The number of carbonyl (C=O) groups is 1. The lowest BCUT2D eigenvalue weighted by Crippen LogP contribution is -2.09. The molecule has 0 aliphatic rings. The molecule has 0 atom stereocenters. The van der Waals surface area contributed by atoms with E-state index in [1.54, 1.807) is 17.5 Å². The van der Waals surface area contributed by atoms with Crippen LogP contribution in [0.2, 0.25) is 5.02 Å². The molecular formula is C22H17ClN2O4S. The highest BCUT2D eigenvalue weighted by Gasteiger charge is 2.15. The number of nitrogens with one attached hydrogen (secondary N) is 1. The molecule has 1 N–H and O–H groups in total. The summed E-state index contributed by atoms with van der Waals surface area (Å²) in [5, 5.41) is 6.61. The van der Waals surface area contributed by atoms with Gasteiger partial charge in [-0.15, -0.1) is 11.3 Å². The van der Waals surface area contributed by atoms with Gasteiger partial charge in [0.15, 0.2) is 10.8 Å². The topological polar surface area (TPSA) is 81.4 Å². The van der Waals surface area contributed by atoms with Crippen LogP contribution in [-0.2, 0) is 17.9 Å². The Morgan fingerprint density at radius 2 is 2.03 bits per heavy atom. The maximum Gasteiger partial charge on any atom is 0.358 e. The number of nitrogens with zero attached hydrogens (tertiary/aromatic N) is 1. The van der Waals surface area contributed by atoms with Crippen LogP contribution in [0.5, 0.6) is 0 Å². The fraction of sp³-hybridized carbons (Fsp3) is 0.136. The lowest BCUT2D eigenvalue weighted by Gasteiger charge is -2.08. The Balaban J connectivity index is 1.44. The standard InChI is InChI=1S/C22H17ClN2O4S/c1-13-7-19-16(9-17(13)23)15(8-20(26)29-19)11-28-21(27)18-12-30-22(25-18)24-10-14-5-3-2-4-6-14/h2-9,12H,10-11H2,1H3,(H,24,25). The van der Waals surface area contributed by atoms with Gasteiger partial charge in [-0.25, -0.2) is 14.6 Å². The molecule has 2 aromatic heterocycles. The molecule has 152 valence electrons. The second kappa shape index (κ2) is 8.69. The van der Waals surface area contributed by atoms with Gasteiger partial charge >= 0.3 is 11.6 Å². The van der Waals surface area contributed by atoms with E-state index in [9.17, 15) is 9.59 Å². The largest absolute Gasteiger partial charge is 0.456 e. The lowest BCUT2D eigenvalue weighted by atomic mass is 10.1. The smallest absolute Gasteiger partial charge is 0.358 e. The van der Waals surface area contributed by atoms with Crippen molar-refractivity contribution in [2.45, 2.75) is 20.1 Å². The molecule has 6 nitrogen and oxygen atoms in total. The minimum Gasteiger partial charge on any atom is -0.456 e. The normalized spacial score (nSPS) is 10.9. The number of ether oxygens (including phenoxy) is 1. The minimum absolute atomic E-state index is 0.0926. The number of anilines is 1. The Morgan fingerprint density at radius 1 is 1.23 bits per heavy atom. The van der Waals surface area contributed by atoms with Crippen molar-refractivity contribution < 1.29 is 13.9 Å². The third-order valence-electron chi connectivity index (χ3n) is 4.47. The van der Waals surface area contributed by atoms with Crippen LogP contribution in [0, 0.1) is 6.92 Å². The highest BCUT2D eigenvalue weighted by atomic mass is 35.5. The van der Waals surface area contributed by atoms with Crippen molar-refractivity contribution in [1.82, 2.24) is 4.98 Å². The van der Waals surface area contributed by atoms with Crippen molar-refractivity contribution in [2.75, 3.05) is 5.32 Å². The number of aromatic nitrogens is 1. The van der Waals surface area contributed by atoms with Gasteiger partial charge < -0.3 is 14.5 Å². The van der Waals surface area contributed by atoms with Gasteiger partial charge in [-0.1, -0.05) is 41.9 Å². The van der Waals surface area contributed by atoms with E-state index in [-0.39, 0.29) is 12.3 Å². The molecule has 0 bridgehead atoms. The second-order valence-electron chi connectivity index (χ2n) is 6.64. The van der Waals surface area contributed by atoms with Crippen LogP contribution in [-0.4, -0.2) is 11.0 Å². The van der Waals surface area contributed by atoms with Gasteiger partial charge in [0.05, 0.1) is 0 Å². The number of benzene rings is 2. The lowest BCUT2D eigenvalue weighted by molar-refractivity contribution is 0.0468. The van der Waals surface area contributed by atoms with E-state index in [0.717, 1.165) is 11.1 Å². The molecule has 0 aliphatic carbocycles. The van der Waals surface area contributed by atoms with E-state index in [2.05, 4.69) is 10.3 Å². The average Bonchev–Trinajstić information content (AvgIpc) is 3.21. The van der Waals surface area contributed by atoms with Crippen LogP contribution in [0.25, 0.3) is 11.0 Å². The van der Waals surface area contributed by atoms with Crippen LogP contribution < -0.4 is 10.9 Å². The molecular weight excluding hydrogens is 424 g/mol. The zero-order valence-electron chi connectivity index (χ0n) is 16.0. The molecule has 0 fully saturated rings. The van der Waals surface area contributed by atoms with Crippen LogP contribution in [0.4, 0.5) is 5.13 Å². The summed E-state index contributed by atoms with van der Waals surface area (Å²) in [5.74, 6) is -0.571. The van der Waals surface area contributed by atoms with Gasteiger partial charge in [-0.2, -0.15) is 0 Å². The predicted molar refractivity (Wildman–Crippen MR) is 117 cm³/mol. The van der Waals surface area contributed by atoms with Crippen LogP contribution in [0.15, 0.2) is 63.1 Å². The summed E-state index contributed by atoms with van der Waals surface area (Å²) in [6, 6.07) is 14.6. The maximum absolute atomic E-state index is 12.4. The Morgan fingerprint density at radius 3 is 2.83 bits per heavy atom. The van der Waals surface area contributed by atoms with Gasteiger partial charge in [-0.05, 0) is 30.2 Å². The van der Waals surface area contributed by atoms with E-state index < -0.39 is 11.6 Å². The molecule has 0 amide bonds. The molecule has 2 aromatic carbocycles. The SMILES string of the molecule is Cc1cc2oc(=O)cc(COC(=O)c3csc(NCc4ccccc4)n3)c2cc1Cl. The Kier molecular flexibility index (Phi) is 5.83. The number of carbonyl (C=O) groups excluding carboxylic acids is 1. The highest BCUT2D eigenvalue weighted by Crippen LogP contribution is 2.26. The summed E-state index contributed by atoms with van der Waals surface area (Å²) in [7, 11) is 0. The molecule has 4 rings (SSSR count). The third-order valence-corrected chi connectivity index (χ3v) is 5.68. The van der Waals surface area contributed by atoms with Gasteiger partial charge in [0.1, 0.15) is 12.2 Å². The summed E-state index contributed by atoms with van der Waals surface area (Å²) in [4.78, 5) is 28.5. The fourth-order valence-electron chi connectivity index (χ4n) is 2.91. The molecule has 0 spiro atoms. The van der Waals surface area contributed by atoms with Gasteiger partial charge in [0.2, 0.25) is 0 Å². The van der Waals surface area contributed by atoms with Crippen molar-refractivity contribution in [2.24, 2.45) is 0 Å². The summed E-state index contributed by atoms with van der Waals surface area (Å²) >= 11 is 7.51. The number of rotatable bonds is 6. The van der Waals surface area contributed by atoms with E-state index in [1.165, 1.54) is 17.4 Å². The number of hydrogen-bond acceptors (Lipinski definition) is 7. The van der Waals surface area contributed by atoms with Gasteiger partial charge in [0.25, 0.3) is 0 Å². The average molecular weight is 441 g/mol. The zero-order valence-corrected chi connectivity index (χ0v) is 17.5. The number of esters is 1. The van der Waals surface area contributed by atoms with E-state index in [1.807, 2.05) is 37.3 Å². The van der Waals surface area contributed by atoms with E-state index >= 15 is 0 Å². The Bertz CT molecular complexity index is 1270. The van der Waals surface area contributed by atoms with Crippen molar-refractivity contribution in [1.29, 1.82) is 0 Å². The van der Waals surface area contributed by atoms with Gasteiger partial charge in [-0.3, -0.25) is 0 Å². The predicted octanol–water partition coefficient (Wildman–Crippen LogP) is 5.18. The molecule has 4 aromatic rings. The molecule has 0 saturated heterocycles. The van der Waals surface area contributed by atoms with E-state index in [4.69, 9.17) is 20.8 Å². The van der Waals surface area contributed by atoms with Crippen molar-refractivity contribution in [3.8, 4) is 0 Å². The minimum atomic E-state index is -0.571. The summed E-state index contributed by atoms with van der Waals surface area (Å²) < 4.78 is 10.6. The zero-order chi connectivity index (χ0) is 21.1. The molecule has 0 unspecified atom stereocenters. The molecule has 0 saturated carbocycles. The number of thiazole rings is 1. The van der Waals surface area contributed by atoms with Crippen LogP contribution in [0.3, 0.4) is 0 Å². The second-order valence-corrected chi connectivity index (χ2v) is 7.91. The number of hydrogen-bond donors (Lipinski definition) is 1. The van der Waals surface area contributed by atoms with Crippen LogP contribution in [0.1, 0.15) is 27.2 Å². The first-order chi connectivity index (χ1) is 14.5. The molecule has 30 heavy (non-hydrogen) atoms. The third kappa shape index (κ3) is 4.53. The Labute approximate surface area is 181 Å². The summed E-state index contributed by atoms with van der Waals surface area (Å²) in [6.07, 6.45) is 0. The van der Waals surface area contributed by atoms with E-state index in [0.29, 0.717) is 33.2 Å². The fourth-order valence-corrected chi connectivity index (χ4v) is 3.75. The first-order valence-corrected chi connectivity index (χ1v) is 10.4. The molecule has 0 radical (unpaired) electrons. The first-order valence-electron chi connectivity index (χ1n) is 9.13. The molecule has 8 heteroatoms. The number of halogens is 1. The molecule has 2 heterocycles. The van der Waals surface area contributed by atoms with Crippen molar-refractivity contribution >= 4 is 45.0 Å². The Hall–Kier alpha value is -3.16. The van der Waals surface area contributed by atoms with Crippen molar-refractivity contribution in [3.05, 3.63) is 91.7 Å². The summed E-state index contributed by atoms with van der Waals surface area (Å²) in [5.41, 5.74) is 2.51. The van der Waals surface area contributed by atoms with Gasteiger partial charge in [0, 0.05) is 34.0 Å². The number of aryl methyl sites for hydroxylation is 1. The quantitative estimate of drug-likeness (QED) is 0.328. The molecule has 0 aliphatic heterocycles. The van der Waals surface area contributed by atoms with Crippen molar-refractivity contribution in [3.63, 3.8) is 0 Å². The first kappa shape index (κ1) is 20.1. The highest BCUT2D eigenvalue weighted by molar-refractivity contribution is 7.13. The number of fused-ring (bicyclic) bond motifs is 1. The maximum atomic E-state index is 12.4.